The first-order chi connectivity index (χ1) is 8.27. The minimum Gasteiger partial charge on any atom is -0.348 e. The molecule has 17 heavy (non-hydrogen) atoms. The molecule has 1 aromatic carbocycles. The van der Waals surface area contributed by atoms with Crippen molar-refractivity contribution in [1.82, 2.24) is 10.3 Å². The summed E-state index contributed by atoms with van der Waals surface area (Å²) in [6, 6.07) is 10.7. The summed E-state index contributed by atoms with van der Waals surface area (Å²) in [6.45, 7) is 0.465. The Kier molecular flexibility index (Phi) is 3.73. The van der Waals surface area contributed by atoms with Gasteiger partial charge in [-0.1, -0.05) is 23.7 Å². The third kappa shape index (κ3) is 3.04. The Labute approximate surface area is 104 Å². The van der Waals surface area contributed by atoms with E-state index in [9.17, 15) is 4.79 Å². The monoisotopic (exact) mass is 246 g/mol. The Bertz CT molecular complexity index is 514. The first-order valence-corrected chi connectivity index (χ1v) is 5.57. The summed E-state index contributed by atoms with van der Waals surface area (Å²) in [5.41, 5.74) is 1.49. The molecule has 1 heterocycles. The number of halogens is 1. The van der Waals surface area contributed by atoms with E-state index < -0.39 is 0 Å². The molecule has 0 fully saturated rings. The molecule has 86 valence electrons. The van der Waals surface area contributed by atoms with Crippen LogP contribution < -0.4 is 5.32 Å². The molecule has 3 nitrogen and oxygen atoms in total. The Morgan fingerprint density at radius 1 is 1.18 bits per heavy atom. The number of amides is 1. The molecular formula is C13H11ClN2O. The molecule has 0 radical (unpaired) electrons. The van der Waals surface area contributed by atoms with E-state index in [0.717, 1.165) is 5.56 Å². The fourth-order valence-corrected chi connectivity index (χ4v) is 1.65. The average Bonchev–Trinajstić information content (AvgIpc) is 2.38. The van der Waals surface area contributed by atoms with Crippen LogP contribution >= 0.6 is 11.6 Å². The Morgan fingerprint density at radius 3 is 2.59 bits per heavy atom. The zero-order valence-corrected chi connectivity index (χ0v) is 9.82. The van der Waals surface area contributed by atoms with Gasteiger partial charge in [0.15, 0.2) is 0 Å². The van der Waals surface area contributed by atoms with E-state index in [0.29, 0.717) is 17.1 Å². The number of hydrogen-bond acceptors (Lipinski definition) is 2. The molecule has 2 aromatic rings. The molecule has 0 atom stereocenters. The highest BCUT2D eigenvalue weighted by Gasteiger charge is 2.08. The largest absolute Gasteiger partial charge is 0.348 e. The predicted octanol–water partition coefficient (Wildman–Crippen LogP) is 2.67. The van der Waals surface area contributed by atoms with Crippen molar-refractivity contribution < 1.29 is 4.79 Å². The van der Waals surface area contributed by atoms with Crippen molar-refractivity contribution in [1.29, 1.82) is 0 Å². The number of aromatic nitrogens is 1. The fourth-order valence-electron chi connectivity index (χ4n) is 1.42. The third-order valence-corrected chi connectivity index (χ3v) is 2.65. The highest BCUT2D eigenvalue weighted by molar-refractivity contribution is 6.33. The van der Waals surface area contributed by atoms with E-state index in [1.807, 2.05) is 12.1 Å². The minimum absolute atomic E-state index is 0.174. The van der Waals surface area contributed by atoms with Crippen LogP contribution in [0.1, 0.15) is 15.9 Å². The van der Waals surface area contributed by atoms with Crippen LogP contribution in [-0.4, -0.2) is 10.9 Å². The van der Waals surface area contributed by atoms with E-state index >= 15 is 0 Å². The van der Waals surface area contributed by atoms with Crippen molar-refractivity contribution in [2.24, 2.45) is 0 Å². The van der Waals surface area contributed by atoms with Gasteiger partial charge in [-0.05, 0) is 29.8 Å². The highest BCUT2D eigenvalue weighted by atomic mass is 35.5. The van der Waals surface area contributed by atoms with Gasteiger partial charge in [-0.25, -0.2) is 0 Å². The molecule has 0 aliphatic carbocycles. The smallest absolute Gasteiger partial charge is 0.253 e. The minimum atomic E-state index is -0.174. The Hall–Kier alpha value is -1.87. The van der Waals surface area contributed by atoms with Crippen LogP contribution in [0.15, 0.2) is 48.8 Å². The van der Waals surface area contributed by atoms with Crippen LogP contribution in [-0.2, 0) is 6.54 Å². The van der Waals surface area contributed by atoms with Crippen molar-refractivity contribution in [2.75, 3.05) is 0 Å². The lowest BCUT2D eigenvalue weighted by Gasteiger charge is -2.06. The molecular weight excluding hydrogens is 236 g/mol. The molecule has 0 saturated heterocycles. The summed E-state index contributed by atoms with van der Waals surface area (Å²) < 4.78 is 0. The second-order valence-corrected chi connectivity index (χ2v) is 3.93. The van der Waals surface area contributed by atoms with Crippen LogP contribution in [0, 0.1) is 0 Å². The summed E-state index contributed by atoms with van der Waals surface area (Å²) in [6.07, 6.45) is 3.38. The third-order valence-electron chi connectivity index (χ3n) is 2.32. The second kappa shape index (κ2) is 5.46. The lowest BCUT2D eigenvalue weighted by molar-refractivity contribution is 0.0951. The standard InChI is InChI=1S/C13H11ClN2O/c14-12-4-2-1-3-11(12)13(17)16-9-10-5-7-15-8-6-10/h1-8H,9H2,(H,16,17). The van der Waals surface area contributed by atoms with E-state index in [4.69, 9.17) is 11.6 Å². The van der Waals surface area contributed by atoms with Crippen LogP contribution in [0.3, 0.4) is 0 Å². The number of nitrogens with zero attached hydrogens (tertiary/aromatic N) is 1. The van der Waals surface area contributed by atoms with Gasteiger partial charge in [-0.3, -0.25) is 9.78 Å². The Morgan fingerprint density at radius 2 is 1.88 bits per heavy atom. The highest BCUT2D eigenvalue weighted by Crippen LogP contribution is 2.14. The Balaban J connectivity index is 2.01. The first-order valence-electron chi connectivity index (χ1n) is 5.19. The van der Waals surface area contributed by atoms with Gasteiger partial charge < -0.3 is 5.32 Å². The number of hydrogen-bond donors (Lipinski definition) is 1. The number of rotatable bonds is 3. The molecule has 0 aliphatic heterocycles. The normalized spacial score (nSPS) is 9.94. The number of pyridine rings is 1. The maximum Gasteiger partial charge on any atom is 0.253 e. The summed E-state index contributed by atoms with van der Waals surface area (Å²) in [5.74, 6) is -0.174. The molecule has 0 unspecified atom stereocenters. The summed E-state index contributed by atoms with van der Waals surface area (Å²) in [7, 11) is 0. The van der Waals surface area contributed by atoms with E-state index in [1.54, 1.807) is 36.7 Å². The van der Waals surface area contributed by atoms with Crippen LogP contribution in [0.4, 0.5) is 0 Å². The van der Waals surface area contributed by atoms with Gasteiger partial charge in [0.05, 0.1) is 10.6 Å². The van der Waals surface area contributed by atoms with E-state index in [1.165, 1.54) is 0 Å². The molecule has 4 heteroatoms. The topological polar surface area (TPSA) is 42.0 Å². The molecule has 0 saturated carbocycles. The molecule has 1 aromatic heterocycles. The predicted molar refractivity (Wildman–Crippen MR) is 66.9 cm³/mol. The van der Waals surface area contributed by atoms with Gasteiger partial charge in [0.1, 0.15) is 0 Å². The average molecular weight is 247 g/mol. The quantitative estimate of drug-likeness (QED) is 0.905. The summed E-state index contributed by atoms with van der Waals surface area (Å²) in [4.78, 5) is 15.7. The van der Waals surface area contributed by atoms with Crippen molar-refractivity contribution in [3.05, 3.63) is 64.9 Å². The van der Waals surface area contributed by atoms with Gasteiger partial charge in [-0.15, -0.1) is 0 Å². The van der Waals surface area contributed by atoms with Crippen LogP contribution in [0.5, 0.6) is 0 Å². The van der Waals surface area contributed by atoms with Crippen molar-refractivity contribution >= 4 is 17.5 Å². The second-order valence-electron chi connectivity index (χ2n) is 3.52. The number of nitrogens with one attached hydrogen (secondary N) is 1. The molecule has 2 rings (SSSR count). The maximum atomic E-state index is 11.8. The zero-order chi connectivity index (χ0) is 12.1. The van der Waals surface area contributed by atoms with Crippen molar-refractivity contribution in [3.63, 3.8) is 0 Å². The van der Waals surface area contributed by atoms with Crippen LogP contribution in [0.2, 0.25) is 5.02 Å². The van der Waals surface area contributed by atoms with Gasteiger partial charge in [0, 0.05) is 18.9 Å². The van der Waals surface area contributed by atoms with Crippen molar-refractivity contribution in [2.45, 2.75) is 6.54 Å². The lowest BCUT2D eigenvalue weighted by atomic mass is 10.2. The molecule has 1 N–H and O–H groups in total. The molecule has 0 bridgehead atoms. The van der Waals surface area contributed by atoms with Gasteiger partial charge in [0.25, 0.3) is 5.91 Å². The SMILES string of the molecule is O=C(NCc1ccncc1)c1ccccc1Cl. The van der Waals surface area contributed by atoms with Gasteiger partial charge in [0.2, 0.25) is 0 Å². The maximum absolute atomic E-state index is 11.8. The fraction of sp³-hybridized carbons (Fsp3) is 0.0769. The molecule has 1 amide bonds. The molecule has 0 spiro atoms. The lowest BCUT2D eigenvalue weighted by Crippen LogP contribution is -2.23. The summed E-state index contributed by atoms with van der Waals surface area (Å²) in [5, 5.41) is 3.26. The number of carbonyl (C=O) groups excluding carboxylic acids is 1. The van der Waals surface area contributed by atoms with Crippen LogP contribution in [0.25, 0.3) is 0 Å². The van der Waals surface area contributed by atoms with E-state index in [-0.39, 0.29) is 5.91 Å². The van der Waals surface area contributed by atoms with Gasteiger partial charge >= 0.3 is 0 Å². The number of benzene rings is 1. The van der Waals surface area contributed by atoms with Crippen molar-refractivity contribution in [3.8, 4) is 0 Å². The van der Waals surface area contributed by atoms with Gasteiger partial charge in [-0.2, -0.15) is 0 Å². The number of carbonyl (C=O) groups is 1. The van der Waals surface area contributed by atoms with E-state index in [2.05, 4.69) is 10.3 Å². The summed E-state index contributed by atoms with van der Waals surface area (Å²) >= 11 is 5.93. The first kappa shape index (κ1) is 11.6. The molecule has 0 aliphatic rings. The zero-order valence-electron chi connectivity index (χ0n) is 9.06.